The van der Waals surface area contributed by atoms with Crippen LogP contribution in [0.3, 0.4) is 0 Å². The van der Waals surface area contributed by atoms with Crippen LogP contribution >= 0.6 is 0 Å². The van der Waals surface area contributed by atoms with Gasteiger partial charge in [-0.3, -0.25) is 9.59 Å². The van der Waals surface area contributed by atoms with E-state index in [1.807, 2.05) is 51.1 Å². The number of hydrogen-bond donors (Lipinski definition) is 1. The van der Waals surface area contributed by atoms with Crippen molar-refractivity contribution in [1.82, 2.24) is 10.2 Å². The lowest BCUT2D eigenvalue weighted by Gasteiger charge is -2.33. The van der Waals surface area contributed by atoms with E-state index in [0.717, 1.165) is 29.5 Å². The lowest BCUT2D eigenvalue weighted by Crippen LogP contribution is -2.45. The van der Waals surface area contributed by atoms with Crippen LogP contribution in [0.4, 0.5) is 0 Å². The summed E-state index contributed by atoms with van der Waals surface area (Å²) in [6, 6.07) is 11.2. The van der Waals surface area contributed by atoms with Crippen LogP contribution in [0.5, 0.6) is 11.5 Å². The molecule has 2 aromatic rings. The molecule has 2 aromatic carbocycles. The Bertz CT molecular complexity index is 936. The lowest BCUT2D eigenvalue weighted by molar-refractivity contribution is -0.127. The Morgan fingerprint density at radius 3 is 2.42 bits per heavy atom. The summed E-state index contributed by atoms with van der Waals surface area (Å²) in [5.74, 6) is 1.12. The Kier molecular flexibility index (Phi) is 7.21. The molecule has 166 valence electrons. The van der Waals surface area contributed by atoms with Crippen molar-refractivity contribution >= 4 is 11.8 Å². The number of rotatable bonds is 6. The zero-order chi connectivity index (χ0) is 22.5. The Hall–Kier alpha value is -3.02. The Morgan fingerprint density at radius 1 is 1.06 bits per heavy atom. The highest BCUT2D eigenvalue weighted by atomic mass is 16.5. The standard InChI is InChI=1S/C25H32N2O4/c1-16-11-17(2)13-20(12-16)25(29)27-10-6-7-19(15-27)24(28)26-18(3)22-14-21(30-4)8-9-23(22)31-5/h8-9,11-14,18-19H,6-7,10,15H2,1-5H3,(H,26,28)/t18-,19+/m0/s1. The van der Waals surface area contributed by atoms with Crippen LogP contribution in [0.2, 0.25) is 0 Å². The summed E-state index contributed by atoms with van der Waals surface area (Å²) in [5.41, 5.74) is 3.67. The van der Waals surface area contributed by atoms with Crippen LogP contribution < -0.4 is 14.8 Å². The van der Waals surface area contributed by atoms with Crippen molar-refractivity contribution < 1.29 is 19.1 Å². The van der Waals surface area contributed by atoms with Crippen LogP contribution in [0.25, 0.3) is 0 Å². The van der Waals surface area contributed by atoms with E-state index in [9.17, 15) is 9.59 Å². The molecule has 0 bridgehead atoms. The molecule has 0 radical (unpaired) electrons. The van der Waals surface area contributed by atoms with Crippen molar-refractivity contribution in [3.63, 3.8) is 0 Å². The molecule has 0 saturated carbocycles. The van der Waals surface area contributed by atoms with Crippen molar-refractivity contribution in [2.75, 3.05) is 27.3 Å². The van der Waals surface area contributed by atoms with Crippen molar-refractivity contribution in [1.29, 1.82) is 0 Å². The number of ether oxygens (including phenoxy) is 2. The molecule has 1 fully saturated rings. The molecule has 1 saturated heterocycles. The summed E-state index contributed by atoms with van der Waals surface area (Å²) in [6.45, 7) is 7.01. The van der Waals surface area contributed by atoms with Crippen LogP contribution in [0.15, 0.2) is 36.4 Å². The topological polar surface area (TPSA) is 67.9 Å². The number of amides is 2. The van der Waals surface area contributed by atoms with Crippen molar-refractivity contribution in [2.45, 2.75) is 39.7 Å². The number of nitrogens with one attached hydrogen (secondary N) is 1. The van der Waals surface area contributed by atoms with Crippen LogP contribution in [-0.4, -0.2) is 44.0 Å². The van der Waals surface area contributed by atoms with Gasteiger partial charge in [-0.1, -0.05) is 17.2 Å². The fourth-order valence-corrected chi connectivity index (χ4v) is 4.24. The average molecular weight is 425 g/mol. The zero-order valence-electron chi connectivity index (χ0n) is 19.0. The highest BCUT2D eigenvalue weighted by Gasteiger charge is 2.30. The maximum Gasteiger partial charge on any atom is 0.253 e. The second-order valence-electron chi connectivity index (χ2n) is 8.30. The number of carbonyl (C=O) groups is 2. The molecule has 0 aliphatic carbocycles. The smallest absolute Gasteiger partial charge is 0.253 e. The van der Waals surface area contributed by atoms with E-state index in [4.69, 9.17) is 9.47 Å². The van der Waals surface area contributed by atoms with E-state index < -0.39 is 0 Å². The van der Waals surface area contributed by atoms with Crippen LogP contribution in [-0.2, 0) is 4.79 Å². The number of likely N-dealkylation sites (tertiary alicyclic amines) is 1. The first kappa shape index (κ1) is 22.7. The van der Waals surface area contributed by atoms with Gasteiger partial charge < -0.3 is 19.7 Å². The summed E-state index contributed by atoms with van der Waals surface area (Å²) in [4.78, 5) is 27.9. The molecule has 2 amide bonds. The number of piperidine rings is 1. The predicted octanol–water partition coefficient (Wildman–Crippen LogP) is 4.05. The van der Waals surface area contributed by atoms with Crippen LogP contribution in [0, 0.1) is 19.8 Å². The molecule has 0 aromatic heterocycles. The maximum atomic E-state index is 13.0. The van der Waals surface area contributed by atoms with Gasteiger partial charge in [0.05, 0.1) is 26.2 Å². The van der Waals surface area contributed by atoms with Crippen molar-refractivity contribution in [3.8, 4) is 11.5 Å². The van der Waals surface area contributed by atoms with Gasteiger partial charge in [-0.05, 0) is 63.9 Å². The highest BCUT2D eigenvalue weighted by Crippen LogP contribution is 2.30. The van der Waals surface area contributed by atoms with E-state index in [1.54, 1.807) is 19.1 Å². The maximum absolute atomic E-state index is 13.0. The quantitative estimate of drug-likeness (QED) is 0.760. The molecule has 3 rings (SSSR count). The second-order valence-corrected chi connectivity index (χ2v) is 8.30. The highest BCUT2D eigenvalue weighted by molar-refractivity contribution is 5.95. The Morgan fingerprint density at radius 2 is 1.77 bits per heavy atom. The Labute approximate surface area is 184 Å². The monoisotopic (exact) mass is 424 g/mol. The first-order valence-electron chi connectivity index (χ1n) is 10.7. The number of aryl methyl sites for hydroxylation is 2. The molecule has 0 unspecified atom stereocenters. The van der Waals surface area contributed by atoms with E-state index in [2.05, 4.69) is 11.4 Å². The first-order chi connectivity index (χ1) is 14.8. The zero-order valence-corrected chi connectivity index (χ0v) is 19.0. The minimum absolute atomic E-state index is 0.00758. The van der Waals surface area contributed by atoms with E-state index in [0.29, 0.717) is 30.2 Å². The summed E-state index contributed by atoms with van der Waals surface area (Å²) < 4.78 is 10.8. The third-order valence-corrected chi connectivity index (χ3v) is 5.81. The van der Waals surface area contributed by atoms with E-state index in [1.165, 1.54) is 0 Å². The lowest BCUT2D eigenvalue weighted by atomic mass is 9.95. The van der Waals surface area contributed by atoms with Gasteiger partial charge in [-0.2, -0.15) is 0 Å². The van der Waals surface area contributed by atoms with E-state index in [-0.39, 0.29) is 23.8 Å². The molecule has 0 spiro atoms. The van der Waals surface area contributed by atoms with Crippen molar-refractivity contribution in [2.24, 2.45) is 5.92 Å². The molecular formula is C25H32N2O4. The molecule has 2 atom stereocenters. The number of methoxy groups -OCH3 is 2. The molecular weight excluding hydrogens is 392 g/mol. The fourth-order valence-electron chi connectivity index (χ4n) is 4.24. The van der Waals surface area contributed by atoms with Gasteiger partial charge in [0, 0.05) is 24.2 Å². The largest absolute Gasteiger partial charge is 0.497 e. The third-order valence-electron chi connectivity index (χ3n) is 5.81. The average Bonchev–Trinajstić information content (AvgIpc) is 2.77. The molecule has 1 aliphatic heterocycles. The summed E-state index contributed by atoms with van der Waals surface area (Å²) >= 11 is 0. The summed E-state index contributed by atoms with van der Waals surface area (Å²) in [7, 11) is 3.22. The molecule has 1 N–H and O–H groups in total. The van der Waals surface area contributed by atoms with Gasteiger partial charge in [0.2, 0.25) is 5.91 Å². The number of nitrogens with zero attached hydrogens (tertiary/aromatic N) is 1. The number of benzene rings is 2. The first-order valence-corrected chi connectivity index (χ1v) is 10.7. The molecule has 31 heavy (non-hydrogen) atoms. The molecule has 6 heteroatoms. The minimum atomic E-state index is -0.247. The molecule has 1 aliphatic rings. The SMILES string of the molecule is COc1ccc(OC)c([C@H](C)NC(=O)[C@@H]2CCCN(C(=O)c3cc(C)cc(C)c3)C2)c1. The Balaban J connectivity index is 1.69. The van der Waals surface area contributed by atoms with E-state index >= 15 is 0 Å². The number of carbonyl (C=O) groups excluding carboxylic acids is 2. The van der Waals surface area contributed by atoms with Gasteiger partial charge >= 0.3 is 0 Å². The number of hydrogen-bond acceptors (Lipinski definition) is 4. The second kappa shape index (κ2) is 9.86. The normalized spacial score (nSPS) is 17.1. The minimum Gasteiger partial charge on any atom is -0.497 e. The summed E-state index contributed by atoms with van der Waals surface area (Å²) in [5, 5.41) is 3.10. The van der Waals surface area contributed by atoms with Crippen LogP contribution in [0.1, 0.15) is 52.9 Å². The molecule has 6 nitrogen and oxygen atoms in total. The summed E-state index contributed by atoms with van der Waals surface area (Å²) in [6.07, 6.45) is 1.58. The fraction of sp³-hybridized carbons (Fsp3) is 0.440. The van der Waals surface area contributed by atoms with Gasteiger partial charge in [-0.25, -0.2) is 0 Å². The third kappa shape index (κ3) is 5.37. The van der Waals surface area contributed by atoms with Gasteiger partial charge in [-0.15, -0.1) is 0 Å². The van der Waals surface area contributed by atoms with Gasteiger partial charge in [0.25, 0.3) is 5.91 Å². The van der Waals surface area contributed by atoms with Crippen molar-refractivity contribution in [3.05, 3.63) is 58.7 Å². The van der Waals surface area contributed by atoms with Gasteiger partial charge in [0.1, 0.15) is 11.5 Å². The molecule has 1 heterocycles. The predicted molar refractivity (Wildman–Crippen MR) is 121 cm³/mol. The van der Waals surface area contributed by atoms with Gasteiger partial charge in [0.15, 0.2) is 0 Å².